The summed E-state index contributed by atoms with van der Waals surface area (Å²) in [6.45, 7) is 6.10. The maximum Gasteiger partial charge on any atom is 0.230 e. The Labute approximate surface area is 84.1 Å². The Morgan fingerprint density at radius 3 is 3.00 bits per heavy atom. The van der Waals surface area contributed by atoms with Gasteiger partial charge in [0.1, 0.15) is 0 Å². The molecular weight excluding hydrogens is 184 g/mol. The molecule has 1 amide bonds. The number of hydrogen-bond donors (Lipinski definition) is 2. The van der Waals surface area contributed by atoms with Gasteiger partial charge >= 0.3 is 0 Å². The number of thioether (sulfide) groups is 1. The topological polar surface area (TPSA) is 55.1 Å². The Morgan fingerprint density at radius 1 is 1.77 bits per heavy atom. The molecule has 0 aliphatic rings. The molecule has 0 bridgehead atoms. The third-order valence-electron chi connectivity index (χ3n) is 1.53. The minimum Gasteiger partial charge on any atom is -0.352 e. The maximum atomic E-state index is 11.1. The van der Waals surface area contributed by atoms with Crippen molar-refractivity contribution in [3.8, 4) is 0 Å². The van der Waals surface area contributed by atoms with Gasteiger partial charge in [0.05, 0.1) is 5.75 Å². The highest BCUT2D eigenvalue weighted by atomic mass is 32.2. The number of carbonyl (C=O) groups is 1. The monoisotopic (exact) mass is 202 g/mol. The van der Waals surface area contributed by atoms with E-state index in [2.05, 4.69) is 11.9 Å². The van der Waals surface area contributed by atoms with E-state index < -0.39 is 0 Å². The normalized spacial score (nSPS) is 12.2. The van der Waals surface area contributed by atoms with E-state index in [1.54, 1.807) is 17.8 Å². The summed E-state index contributed by atoms with van der Waals surface area (Å²) in [5, 5.41) is 2.71. The van der Waals surface area contributed by atoms with Crippen molar-refractivity contribution in [1.82, 2.24) is 5.32 Å². The zero-order valence-corrected chi connectivity index (χ0v) is 8.90. The van der Waals surface area contributed by atoms with E-state index in [1.807, 2.05) is 6.92 Å². The molecule has 13 heavy (non-hydrogen) atoms. The summed E-state index contributed by atoms with van der Waals surface area (Å²) in [6.07, 6.45) is 2.63. The van der Waals surface area contributed by atoms with Gasteiger partial charge in [-0.15, -0.1) is 6.58 Å². The molecule has 76 valence electrons. The predicted molar refractivity (Wildman–Crippen MR) is 58.8 cm³/mol. The highest BCUT2D eigenvalue weighted by Crippen LogP contribution is 2.02. The number of nitrogens with one attached hydrogen (secondary N) is 1. The molecule has 0 aliphatic heterocycles. The van der Waals surface area contributed by atoms with Gasteiger partial charge < -0.3 is 11.1 Å². The van der Waals surface area contributed by atoms with Gasteiger partial charge in [0.25, 0.3) is 0 Å². The lowest BCUT2D eigenvalue weighted by atomic mass is 10.3. The smallest absolute Gasteiger partial charge is 0.230 e. The van der Waals surface area contributed by atoms with Crippen molar-refractivity contribution in [2.45, 2.75) is 19.4 Å². The quantitative estimate of drug-likeness (QED) is 0.599. The molecule has 3 N–H and O–H groups in total. The molecule has 0 rings (SSSR count). The summed E-state index contributed by atoms with van der Waals surface area (Å²) >= 11 is 1.57. The number of carbonyl (C=O) groups excluding carboxylic acids is 1. The van der Waals surface area contributed by atoms with Crippen molar-refractivity contribution in [3.05, 3.63) is 12.7 Å². The fraction of sp³-hybridized carbons (Fsp3) is 0.667. The number of hydrogen-bond acceptors (Lipinski definition) is 3. The minimum absolute atomic E-state index is 0.0493. The zero-order valence-electron chi connectivity index (χ0n) is 8.08. The van der Waals surface area contributed by atoms with Crippen LogP contribution in [-0.2, 0) is 4.79 Å². The minimum atomic E-state index is 0.0493. The highest BCUT2D eigenvalue weighted by Gasteiger charge is 2.02. The van der Waals surface area contributed by atoms with Gasteiger partial charge in [-0.25, -0.2) is 0 Å². The first-order chi connectivity index (χ1) is 6.20. The van der Waals surface area contributed by atoms with Gasteiger partial charge in [-0.2, -0.15) is 11.8 Å². The van der Waals surface area contributed by atoms with Crippen molar-refractivity contribution in [2.24, 2.45) is 5.73 Å². The van der Waals surface area contributed by atoms with Gasteiger partial charge in [-0.05, 0) is 6.42 Å². The van der Waals surface area contributed by atoms with Gasteiger partial charge in [0.2, 0.25) is 5.91 Å². The third-order valence-corrected chi connectivity index (χ3v) is 2.66. The Bertz CT molecular complexity index is 162. The van der Waals surface area contributed by atoms with Crippen LogP contribution in [0, 0.1) is 0 Å². The molecule has 0 spiro atoms. The second-order valence-corrected chi connectivity index (χ2v) is 3.81. The number of amides is 1. The van der Waals surface area contributed by atoms with E-state index >= 15 is 0 Å². The first-order valence-corrected chi connectivity index (χ1v) is 5.57. The van der Waals surface area contributed by atoms with E-state index in [0.717, 1.165) is 12.2 Å². The third kappa shape index (κ3) is 7.87. The summed E-state index contributed by atoms with van der Waals surface area (Å²) in [7, 11) is 0. The first kappa shape index (κ1) is 12.5. The summed E-state index contributed by atoms with van der Waals surface area (Å²) in [6, 6.07) is 0.206. The fourth-order valence-electron chi connectivity index (χ4n) is 0.658. The van der Waals surface area contributed by atoms with Gasteiger partial charge in [-0.1, -0.05) is 13.0 Å². The van der Waals surface area contributed by atoms with E-state index in [-0.39, 0.29) is 11.9 Å². The molecule has 1 unspecified atom stereocenters. The van der Waals surface area contributed by atoms with Crippen LogP contribution in [-0.4, -0.2) is 30.0 Å². The van der Waals surface area contributed by atoms with Crippen LogP contribution in [0.4, 0.5) is 0 Å². The molecule has 0 aromatic rings. The first-order valence-electron chi connectivity index (χ1n) is 4.41. The van der Waals surface area contributed by atoms with Crippen LogP contribution in [0.5, 0.6) is 0 Å². The average Bonchev–Trinajstić information content (AvgIpc) is 2.14. The zero-order chi connectivity index (χ0) is 10.1. The lowest BCUT2D eigenvalue weighted by molar-refractivity contribution is -0.118. The van der Waals surface area contributed by atoms with Crippen molar-refractivity contribution >= 4 is 17.7 Å². The molecule has 0 radical (unpaired) electrons. The van der Waals surface area contributed by atoms with E-state index in [9.17, 15) is 4.79 Å². The van der Waals surface area contributed by atoms with Gasteiger partial charge in [0, 0.05) is 18.3 Å². The van der Waals surface area contributed by atoms with Crippen molar-refractivity contribution in [1.29, 1.82) is 0 Å². The molecular formula is C9H18N2OS. The van der Waals surface area contributed by atoms with Crippen LogP contribution in [0.2, 0.25) is 0 Å². The van der Waals surface area contributed by atoms with Crippen LogP contribution in [0.25, 0.3) is 0 Å². The Kier molecular flexibility index (Phi) is 7.83. The van der Waals surface area contributed by atoms with Crippen LogP contribution in [0.15, 0.2) is 12.7 Å². The van der Waals surface area contributed by atoms with E-state index in [4.69, 9.17) is 5.73 Å². The summed E-state index contributed by atoms with van der Waals surface area (Å²) in [5.41, 5.74) is 5.69. The molecule has 0 aromatic heterocycles. The Hall–Kier alpha value is -0.480. The van der Waals surface area contributed by atoms with Crippen LogP contribution in [0.1, 0.15) is 13.3 Å². The molecule has 0 fully saturated rings. The summed E-state index contributed by atoms with van der Waals surface area (Å²) in [5.74, 6) is 1.38. The molecule has 0 saturated carbocycles. The van der Waals surface area contributed by atoms with Crippen molar-refractivity contribution in [3.63, 3.8) is 0 Å². The fourth-order valence-corrected chi connectivity index (χ4v) is 1.60. The van der Waals surface area contributed by atoms with Crippen LogP contribution in [0.3, 0.4) is 0 Å². The Balaban J connectivity index is 3.31. The molecule has 0 heterocycles. The largest absolute Gasteiger partial charge is 0.352 e. The predicted octanol–water partition coefficient (Wildman–Crippen LogP) is 0.759. The van der Waals surface area contributed by atoms with Gasteiger partial charge in [0.15, 0.2) is 0 Å². The molecule has 4 heteroatoms. The highest BCUT2D eigenvalue weighted by molar-refractivity contribution is 7.99. The molecule has 0 saturated heterocycles. The molecule has 0 aromatic carbocycles. The van der Waals surface area contributed by atoms with E-state index in [0.29, 0.717) is 12.3 Å². The maximum absolute atomic E-state index is 11.1. The second kappa shape index (κ2) is 8.13. The van der Waals surface area contributed by atoms with Crippen molar-refractivity contribution in [2.75, 3.05) is 18.1 Å². The second-order valence-electron chi connectivity index (χ2n) is 2.78. The van der Waals surface area contributed by atoms with Crippen LogP contribution < -0.4 is 11.1 Å². The standard InChI is InChI=1S/C9H18N2OS/c1-3-5-11-9(12)7-13-6-8(10)4-2/h3,8H,1,4-7,10H2,2H3,(H,11,12). The number of rotatable bonds is 7. The van der Waals surface area contributed by atoms with Gasteiger partial charge in [-0.3, -0.25) is 4.79 Å². The van der Waals surface area contributed by atoms with E-state index in [1.165, 1.54) is 0 Å². The van der Waals surface area contributed by atoms with Crippen molar-refractivity contribution < 1.29 is 4.79 Å². The lowest BCUT2D eigenvalue weighted by Gasteiger charge is -2.07. The van der Waals surface area contributed by atoms with Crippen LogP contribution >= 0.6 is 11.8 Å². The summed E-state index contributed by atoms with van der Waals surface area (Å²) in [4.78, 5) is 11.1. The SMILES string of the molecule is C=CCNC(=O)CSCC(N)CC. The lowest BCUT2D eigenvalue weighted by Crippen LogP contribution is -2.27. The average molecular weight is 202 g/mol. The molecule has 0 aliphatic carbocycles. The molecule has 3 nitrogen and oxygen atoms in total. The molecule has 1 atom stereocenters. The number of nitrogens with two attached hydrogens (primary N) is 1. The summed E-state index contributed by atoms with van der Waals surface area (Å²) < 4.78 is 0. The Morgan fingerprint density at radius 2 is 2.46 bits per heavy atom.